The molecule has 1 aromatic heterocycles. The number of thiazole rings is 1. The van der Waals surface area contributed by atoms with E-state index in [-0.39, 0.29) is 5.91 Å². The Morgan fingerprint density at radius 2 is 1.83 bits per heavy atom. The number of ether oxygens (including phenoxy) is 2. The van der Waals surface area contributed by atoms with Gasteiger partial charge in [-0.05, 0) is 24.3 Å². The first kappa shape index (κ1) is 14.3. The van der Waals surface area contributed by atoms with Gasteiger partial charge in [0.15, 0.2) is 16.6 Å². The molecule has 116 valence electrons. The molecule has 0 saturated heterocycles. The standard InChI is InChI=1S/C16H11ClN2O3S/c17-10-3-1-9(2-4-10)15(20)19-16-18-11-7-12-13(8-14(11)23-16)22-6-5-21-12/h1-4,7-8H,5-6H2,(H,18,19,20). The van der Waals surface area contributed by atoms with E-state index in [9.17, 15) is 4.79 Å². The van der Waals surface area contributed by atoms with Gasteiger partial charge in [0, 0.05) is 22.7 Å². The van der Waals surface area contributed by atoms with Gasteiger partial charge in [-0.25, -0.2) is 4.98 Å². The molecule has 1 aliphatic rings. The lowest BCUT2D eigenvalue weighted by molar-refractivity contribution is 0.102. The molecule has 1 N–H and O–H groups in total. The van der Waals surface area contributed by atoms with E-state index in [1.165, 1.54) is 11.3 Å². The van der Waals surface area contributed by atoms with Crippen LogP contribution < -0.4 is 14.8 Å². The van der Waals surface area contributed by atoms with Crippen molar-refractivity contribution in [1.29, 1.82) is 0 Å². The third-order valence-electron chi connectivity index (χ3n) is 3.38. The Labute approximate surface area is 140 Å². The van der Waals surface area contributed by atoms with Gasteiger partial charge in [0.25, 0.3) is 5.91 Å². The van der Waals surface area contributed by atoms with Crippen molar-refractivity contribution in [3.8, 4) is 11.5 Å². The second-order valence-corrected chi connectivity index (χ2v) is 6.41. The van der Waals surface area contributed by atoms with Crippen LogP contribution in [0.1, 0.15) is 10.4 Å². The predicted molar refractivity (Wildman–Crippen MR) is 90.0 cm³/mol. The molecular weight excluding hydrogens is 336 g/mol. The Morgan fingerprint density at radius 1 is 1.13 bits per heavy atom. The van der Waals surface area contributed by atoms with Crippen LogP contribution in [0.5, 0.6) is 11.5 Å². The van der Waals surface area contributed by atoms with Gasteiger partial charge in [0.05, 0.1) is 10.2 Å². The van der Waals surface area contributed by atoms with Crippen molar-refractivity contribution in [1.82, 2.24) is 4.98 Å². The molecule has 7 heteroatoms. The maximum Gasteiger partial charge on any atom is 0.257 e. The van der Waals surface area contributed by atoms with E-state index in [4.69, 9.17) is 21.1 Å². The number of amides is 1. The fourth-order valence-electron chi connectivity index (χ4n) is 2.29. The van der Waals surface area contributed by atoms with Crippen LogP contribution in [0.4, 0.5) is 5.13 Å². The molecule has 0 fully saturated rings. The smallest absolute Gasteiger partial charge is 0.257 e. The van der Waals surface area contributed by atoms with Crippen molar-refractivity contribution in [2.45, 2.75) is 0 Å². The number of fused-ring (bicyclic) bond motifs is 2. The molecule has 1 amide bonds. The minimum Gasteiger partial charge on any atom is -0.486 e. The van der Waals surface area contributed by atoms with Gasteiger partial charge < -0.3 is 9.47 Å². The number of aromatic nitrogens is 1. The monoisotopic (exact) mass is 346 g/mol. The van der Waals surface area contributed by atoms with Gasteiger partial charge in [-0.1, -0.05) is 22.9 Å². The maximum atomic E-state index is 12.2. The molecule has 0 spiro atoms. The number of carbonyl (C=O) groups excluding carboxylic acids is 1. The lowest BCUT2D eigenvalue weighted by atomic mass is 10.2. The number of rotatable bonds is 2. The first-order chi connectivity index (χ1) is 11.2. The summed E-state index contributed by atoms with van der Waals surface area (Å²) in [5.74, 6) is 1.17. The van der Waals surface area contributed by atoms with Crippen LogP contribution >= 0.6 is 22.9 Å². The summed E-state index contributed by atoms with van der Waals surface area (Å²) in [7, 11) is 0. The molecule has 3 aromatic rings. The van der Waals surface area contributed by atoms with E-state index in [1.807, 2.05) is 12.1 Å². The number of benzene rings is 2. The highest BCUT2D eigenvalue weighted by atomic mass is 35.5. The normalized spacial score (nSPS) is 13.1. The molecule has 0 aliphatic carbocycles. The zero-order valence-electron chi connectivity index (χ0n) is 11.8. The Balaban J connectivity index is 1.61. The van der Waals surface area contributed by atoms with Crippen molar-refractivity contribution in [3.05, 3.63) is 47.0 Å². The van der Waals surface area contributed by atoms with Gasteiger partial charge in [-0.15, -0.1) is 0 Å². The third kappa shape index (κ3) is 2.83. The molecule has 0 bridgehead atoms. The van der Waals surface area contributed by atoms with Crippen LogP contribution in [-0.4, -0.2) is 24.1 Å². The van der Waals surface area contributed by atoms with Crippen LogP contribution in [0.15, 0.2) is 36.4 Å². The van der Waals surface area contributed by atoms with Crippen molar-refractivity contribution in [3.63, 3.8) is 0 Å². The molecule has 4 rings (SSSR count). The summed E-state index contributed by atoms with van der Waals surface area (Å²) in [6, 6.07) is 10.4. The summed E-state index contributed by atoms with van der Waals surface area (Å²) in [4.78, 5) is 16.7. The largest absolute Gasteiger partial charge is 0.486 e. The van der Waals surface area contributed by atoms with Gasteiger partial charge >= 0.3 is 0 Å². The Hall–Kier alpha value is -2.31. The summed E-state index contributed by atoms with van der Waals surface area (Å²) in [6.45, 7) is 1.07. The Morgan fingerprint density at radius 3 is 2.57 bits per heavy atom. The van der Waals surface area contributed by atoms with Crippen molar-refractivity contribution >= 4 is 44.2 Å². The van der Waals surface area contributed by atoms with Crippen LogP contribution in [0.3, 0.4) is 0 Å². The van der Waals surface area contributed by atoms with E-state index >= 15 is 0 Å². The number of carbonyl (C=O) groups is 1. The Kier molecular flexibility index (Phi) is 3.55. The highest BCUT2D eigenvalue weighted by molar-refractivity contribution is 7.22. The zero-order valence-corrected chi connectivity index (χ0v) is 13.4. The molecule has 2 heterocycles. The number of hydrogen-bond acceptors (Lipinski definition) is 5. The second kappa shape index (κ2) is 5.72. The minimum atomic E-state index is -0.224. The van der Waals surface area contributed by atoms with E-state index < -0.39 is 0 Å². The molecule has 0 atom stereocenters. The highest BCUT2D eigenvalue weighted by Gasteiger charge is 2.16. The third-order valence-corrected chi connectivity index (χ3v) is 4.56. The van der Waals surface area contributed by atoms with E-state index in [2.05, 4.69) is 10.3 Å². The second-order valence-electron chi connectivity index (χ2n) is 4.94. The quantitative estimate of drug-likeness (QED) is 0.762. The lowest BCUT2D eigenvalue weighted by Gasteiger charge is -2.17. The predicted octanol–water partition coefficient (Wildman–Crippen LogP) is 3.97. The molecule has 1 aliphatic heterocycles. The number of nitrogens with zero attached hydrogens (tertiary/aromatic N) is 1. The molecular formula is C16H11ClN2O3S. The number of anilines is 1. The van der Waals surface area contributed by atoms with Gasteiger partial charge in [0.2, 0.25) is 0 Å². The highest BCUT2D eigenvalue weighted by Crippen LogP contribution is 2.37. The SMILES string of the molecule is O=C(Nc1nc2cc3c(cc2s1)OCCO3)c1ccc(Cl)cc1. The fourth-order valence-corrected chi connectivity index (χ4v) is 3.29. The van der Waals surface area contributed by atoms with Crippen LogP contribution in [0.25, 0.3) is 10.2 Å². The van der Waals surface area contributed by atoms with Crippen LogP contribution in [0.2, 0.25) is 5.02 Å². The summed E-state index contributed by atoms with van der Waals surface area (Å²) >= 11 is 7.22. The summed E-state index contributed by atoms with van der Waals surface area (Å²) in [6.07, 6.45) is 0. The fraction of sp³-hybridized carbons (Fsp3) is 0.125. The van der Waals surface area contributed by atoms with Crippen LogP contribution in [-0.2, 0) is 0 Å². The molecule has 0 radical (unpaired) electrons. The average molecular weight is 347 g/mol. The molecule has 0 saturated carbocycles. The Bertz CT molecular complexity index is 849. The molecule has 5 nitrogen and oxygen atoms in total. The average Bonchev–Trinajstić information content (AvgIpc) is 2.94. The van der Waals surface area contributed by atoms with E-state index in [1.54, 1.807) is 24.3 Å². The van der Waals surface area contributed by atoms with Gasteiger partial charge in [0.1, 0.15) is 13.2 Å². The number of nitrogens with one attached hydrogen (secondary N) is 1. The summed E-state index contributed by atoms with van der Waals surface area (Å²) < 4.78 is 12.0. The first-order valence-corrected chi connectivity index (χ1v) is 8.15. The summed E-state index contributed by atoms with van der Waals surface area (Å²) in [5.41, 5.74) is 1.30. The minimum absolute atomic E-state index is 0.224. The van der Waals surface area contributed by atoms with Crippen molar-refractivity contribution in [2.75, 3.05) is 18.5 Å². The summed E-state index contributed by atoms with van der Waals surface area (Å²) in [5, 5.41) is 3.92. The van der Waals surface area contributed by atoms with E-state index in [0.29, 0.717) is 40.4 Å². The molecule has 2 aromatic carbocycles. The van der Waals surface area contributed by atoms with Crippen LogP contribution in [0, 0.1) is 0 Å². The van der Waals surface area contributed by atoms with Gasteiger partial charge in [-0.3, -0.25) is 10.1 Å². The number of halogens is 1. The first-order valence-electron chi connectivity index (χ1n) is 6.96. The van der Waals surface area contributed by atoms with Crippen molar-refractivity contribution in [2.24, 2.45) is 0 Å². The lowest BCUT2D eigenvalue weighted by Crippen LogP contribution is -2.15. The van der Waals surface area contributed by atoms with Crippen molar-refractivity contribution < 1.29 is 14.3 Å². The molecule has 23 heavy (non-hydrogen) atoms. The topological polar surface area (TPSA) is 60.5 Å². The molecule has 0 unspecified atom stereocenters. The van der Waals surface area contributed by atoms with Gasteiger partial charge in [-0.2, -0.15) is 0 Å². The number of hydrogen-bond donors (Lipinski definition) is 1. The maximum absolute atomic E-state index is 12.2. The van der Waals surface area contributed by atoms with E-state index in [0.717, 1.165) is 10.2 Å². The zero-order chi connectivity index (χ0) is 15.8.